The minimum atomic E-state index is -4.06. The monoisotopic (exact) mass is 569 g/mol. The largest absolute Gasteiger partial charge is 0.478 e. The number of morpholine rings is 2. The summed E-state index contributed by atoms with van der Waals surface area (Å²) in [5, 5.41) is 12.0. The van der Waals surface area contributed by atoms with Crippen LogP contribution in [0.4, 0.5) is 21.8 Å². The maximum Gasteiger partial charge on any atom is 0.328 e. The van der Waals surface area contributed by atoms with Crippen molar-refractivity contribution in [3.8, 4) is 11.1 Å². The second-order valence-corrected chi connectivity index (χ2v) is 11.0. The van der Waals surface area contributed by atoms with Crippen molar-refractivity contribution < 1.29 is 32.2 Å². The summed E-state index contributed by atoms with van der Waals surface area (Å²) in [5.41, 5.74) is 2.54. The maximum absolute atomic E-state index is 14.7. The molecule has 1 aromatic heterocycles. The fraction of sp³-hybridized carbons (Fsp3) is 0.296. The third-order valence-corrected chi connectivity index (χ3v) is 8.38. The SMILES string of the molecule is O=C(O)/C=C/c1cccc(-c2cnc(Nc3ccc(F)c(S(=O)(=O)N4CCOCC4)c3)nc2N2CCOCC2)c1. The van der Waals surface area contributed by atoms with Crippen molar-refractivity contribution in [3.05, 3.63) is 66.1 Å². The minimum absolute atomic E-state index is 0.153. The van der Waals surface area contributed by atoms with Crippen LogP contribution < -0.4 is 10.2 Å². The number of nitrogens with one attached hydrogen (secondary N) is 1. The van der Waals surface area contributed by atoms with E-state index in [0.29, 0.717) is 43.4 Å². The molecule has 0 radical (unpaired) electrons. The first kappa shape index (κ1) is 27.6. The van der Waals surface area contributed by atoms with Crippen molar-refractivity contribution in [2.75, 3.05) is 62.8 Å². The molecule has 0 amide bonds. The highest BCUT2D eigenvalue weighted by Gasteiger charge is 2.29. The molecule has 40 heavy (non-hydrogen) atoms. The van der Waals surface area contributed by atoms with Crippen LogP contribution in [0.3, 0.4) is 0 Å². The van der Waals surface area contributed by atoms with Crippen molar-refractivity contribution in [2.45, 2.75) is 4.90 Å². The average molecular weight is 570 g/mol. The molecule has 2 fully saturated rings. The van der Waals surface area contributed by atoms with E-state index >= 15 is 0 Å². The molecular formula is C27H28FN5O6S. The number of benzene rings is 2. The fourth-order valence-corrected chi connectivity index (χ4v) is 5.96. The van der Waals surface area contributed by atoms with Crippen LogP contribution in [0.25, 0.3) is 17.2 Å². The Morgan fingerprint density at radius 2 is 1.75 bits per heavy atom. The first-order chi connectivity index (χ1) is 19.3. The van der Waals surface area contributed by atoms with E-state index in [-0.39, 0.29) is 32.3 Å². The van der Waals surface area contributed by atoms with Crippen LogP contribution in [0.1, 0.15) is 5.56 Å². The summed E-state index contributed by atoms with van der Waals surface area (Å²) >= 11 is 0. The number of aromatic nitrogens is 2. The van der Waals surface area contributed by atoms with Gasteiger partial charge in [0, 0.05) is 49.7 Å². The van der Waals surface area contributed by atoms with Crippen LogP contribution in [0.2, 0.25) is 0 Å². The van der Waals surface area contributed by atoms with Crippen molar-refractivity contribution in [2.24, 2.45) is 0 Å². The lowest BCUT2D eigenvalue weighted by Crippen LogP contribution is -2.40. The van der Waals surface area contributed by atoms with Crippen LogP contribution in [0.5, 0.6) is 0 Å². The predicted octanol–water partition coefficient (Wildman–Crippen LogP) is 2.98. The Morgan fingerprint density at radius 1 is 1.02 bits per heavy atom. The Labute approximate surface area is 230 Å². The summed E-state index contributed by atoms with van der Waals surface area (Å²) in [4.78, 5) is 21.8. The molecule has 2 saturated heterocycles. The van der Waals surface area contributed by atoms with Gasteiger partial charge >= 0.3 is 5.97 Å². The summed E-state index contributed by atoms with van der Waals surface area (Å²) < 4.78 is 52.8. The van der Waals surface area contributed by atoms with Crippen molar-refractivity contribution >= 4 is 39.5 Å². The van der Waals surface area contributed by atoms with E-state index in [9.17, 15) is 17.6 Å². The molecule has 0 saturated carbocycles. The van der Waals surface area contributed by atoms with Gasteiger partial charge in [0.2, 0.25) is 16.0 Å². The topological polar surface area (TPSA) is 134 Å². The summed E-state index contributed by atoms with van der Waals surface area (Å²) in [6, 6.07) is 11.1. The molecule has 0 bridgehead atoms. The lowest BCUT2D eigenvalue weighted by Gasteiger charge is -2.29. The number of aliphatic carboxylic acids is 1. The van der Waals surface area contributed by atoms with Gasteiger partial charge in [0.25, 0.3) is 0 Å². The molecule has 13 heteroatoms. The van der Waals surface area contributed by atoms with Gasteiger partial charge in [-0.25, -0.2) is 22.6 Å². The van der Waals surface area contributed by atoms with E-state index in [1.165, 1.54) is 22.5 Å². The number of hydrogen-bond acceptors (Lipinski definition) is 9. The molecule has 0 unspecified atom stereocenters. The number of anilines is 3. The standard InChI is InChI=1S/C27H28FN5O6S/c28-23-6-5-21(17-24(23)40(36,37)33-10-14-39-15-11-33)30-27-29-18-22(26(31-27)32-8-12-38-13-9-32)20-3-1-2-19(16-20)4-7-25(34)35/h1-7,16-18H,8-15H2,(H,34,35)(H,29,30,31)/b7-4+. The van der Waals surface area contributed by atoms with Crippen molar-refractivity contribution in [3.63, 3.8) is 0 Å². The van der Waals surface area contributed by atoms with Gasteiger partial charge in [-0.15, -0.1) is 0 Å². The second kappa shape index (κ2) is 12.1. The van der Waals surface area contributed by atoms with Crippen LogP contribution in [0, 0.1) is 5.82 Å². The number of rotatable bonds is 8. The van der Waals surface area contributed by atoms with E-state index in [2.05, 4.69) is 15.2 Å². The Hall–Kier alpha value is -3.91. The Kier molecular flexibility index (Phi) is 8.35. The van der Waals surface area contributed by atoms with E-state index < -0.39 is 26.7 Å². The number of sulfonamides is 1. The predicted molar refractivity (Wildman–Crippen MR) is 146 cm³/mol. The van der Waals surface area contributed by atoms with Crippen molar-refractivity contribution in [1.29, 1.82) is 0 Å². The zero-order valence-electron chi connectivity index (χ0n) is 21.5. The highest BCUT2D eigenvalue weighted by atomic mass is 32.2. The molecular weight excluding hydrogens is 541 g/mol. The lowest BCUT2D eigenvalue weighted by atomic mass is 10.0. The van der Waals surface area contributed by atoms with Gasteiger partial charge in [0.1, 0.15) is 16.5 Å². The van der Waals surface area contributed by atoms with E-state index in [0.717, 1.165) is 23.3 Å². The summed E-state index contributed by atoms with van der Waals surface area (Å²) in [7, 11) is -4.06. The molecule has 3 aromatic rings. The fourth-order valence-electron chi connectivity index (χ4n) is 4.46. The van der Waals surface area contributed by atoms with E-state index in [1.54, 1.807) is 12.3 Å². The number of ether oxygens (including phenoxy) is 2. The van der Waals surface area contributed by atoms with Gasteiger partial charge in [-0.1, -0.05) is 18.2 Å². The van der Waals surface area contributed by atoms with Gasteiger partial charge in [0.05, 0.1) is 26.4 Å². The van der Waals surface area contributed by atoms with E-state index in [4.69, 9.17) is 19.6 Å². The maximum atomic E-state index is 14.7. The molecule has 2 aromatic carbocycles. The molecule has 11 nitrogen and oxygen atoms in total. The second-order valence-electron chi connectivity index (χ2n) is 9.11. The molecule has 2 N–H and O–H groups in total. The zero-order chi connectivity index (χ0) is 28.1. The molecule has 0 atom stereocenters. The number of nitrogens with zero attached hydrogens (tertiary/aromatic N) is 4. The lowest BCUT2D eigenvalue weighted by molar-refractivity contribution is -0.131. The van der Waals surface area contributed by atoms with E-state index in [1.807, 2.05) is 18.2 Å². The molecule has 5 rings (SSSR count). The van der Waals surface area contributed by atoms with Gasteiger partial charge in [-0.05, 0) is 41.5 Å². The molecule has 2 aliphatic rings. The van der Waals surface area contributed by atoms with Crippen LogP contribution in [-0.2, 0) is 24.3 Å². The molecule has 2 aliphatic heterocycles. The molecule has 0 aliphatic carbocycles. The first-order valence-electron chi connectivity index (χ1n) is 12.7. The van der Waals surface area contributed by atoms with Crippen LogP contribution in [-0.4, -0.2) is 86.4 Å². The number of halogens is 1. The summed E-state index contributed by atoms with van der Waals surface area (Å²) in [5.74, 6) is -1.06. The molecule has 3 heterocycles. The number of carboxylic acid groups (broad SMARTS) is 1. The smallest absolute Gasteiger partial charge is 0.328 e. The zero-order valence-corrected chi connectivity index (χ0v) is 22.3. The summed E-state index contributed by atoms with van der Waals surface area (Å²) in [6.45, 7) is 3.05. The number of carboxylic acids is 1. The summed E-state index contributed by atoms with van der Waals surface area (Å²) in [6.07, 6.45) is 4.23. The van der Waals surface area contributed by atoms with Gasteiger partial charge in [-0.3, -0.25) is 0 Å². The third-order valence-electron chi connectivity index (χ3n) is 6.47. The van der Waals surface area contributed by atoms with Gasteiger partial charge in [-0.2, -0.15) is 9.29 Å². The van der Waals surface area contributed by atoms with Crippen molar-refractivity contribution in [1.82, 2.24) is 14.3 Å². The number of hydrogen-bond donors (Lipinski definition) is 2. The van der Waals surface area contributed by atoms with Crippen LogP contribution in [0.15, 0.2) is 59.6 Å². The third kappa shape index (κ3) is 6.28. The Morgan fingerprint density at radius 3 is 2.48 bits per heavy atom. The van der Waals surface area contributed by atoms with Gasteiger partial charge in [0.15, 0.2) is 0 Å². The number of carbonyl (C=O) groups is 1. The first-order valence-corrected chi connectivity index (χ1v) is 14.1. The highest BCUT2D eigenvalue weighted by molar-refractivity contribution is 7.89. The average Bonchev–Trinajstić information content (AvgIpc) is 2.98. The van der Waals surface area contributed by atoms with Gasteiger partial charge < -0.3 is 24.8 Å². The molecule has 210 valence electrons. The minimum Gasteiger partial charge on any atom is -0.478 e. The highest BCUT2D eigenvalue weighted by Crippen LogP contribution is 2.32. The normalized spacial score (nSPS) is 16.8. The Balaban J connectivity index is 1.48. The van der Waals surface area contributed by atoms with Crippen LogP contribution >= 0.6 is 0 Å². The quantitative estimate of drug-likeness (QED) is 0.390. The Bertz CT molecular complexity index is 1520. The molecule has 0 spiro atoms.